The Kier molecular flexibility index (Phi) is 4.83. The molecule has 0 saturated carbocycles. The van der Waals surface area contributed by atoms with Crippen LogP contribution in [0.3, 0.4) is 0 Å². The molecule has 3 nitrogen and oxygen atoms in total. The molecular formula is C15H17BrN2OS. The maximum absolute atomic E-state index is 5.47. The van der Waals surface area contributed by atoms with E-state index in [-0.39, 0.29) is 0 Å². The van der Waals surface area contributed by atoms with Crippen LogP contribution in [0.1, 0.15) is 18.5 Å². The van der Waals surface area contributed by atoms with Crippen LogP contribution in [0.25, 0.3) is 10.6 Å². The zero-order valence-corrected chi connectivity index (χ0v) is 13.5. The lowest BCUT2D eigenvalue weighted by Crippen LogP contribution is -2.36. The summed E-state index contributed by atoms with van der Waals surface area (Å²) in [7, 11) is 0. The highest BCUT2D eigenvalue weighted by atomic mass is 79.9. The van der Waals surface area contributed by atoms with Crippen molar-refractivity contribution in [2.45, 2.75) is 25.4 Å². The van der Waals surface area contributed by atoms with Gasteiger partial charge in [0.1, 0.15) is 5.01 Å². The highest BCUT2D eigenvalue weighted by Crippen LogP contribution is 2.26. The molecule has 106 valence electrons. The third-order valence-corrected chi connectivity index (χ3v) is 4.79. The third kappa shape index (κ3) is 3.67. The second-order valence-corrected chi connectivity index (χ2v) is 6.72. The molecule has 2 heterocycles. The number of rotatable bonds is 4. The van der Waals surface area contributed by atoms with E-state index in [2.05, 4.69) is 38.8 Å². The Balaban J connectivity index is 1.61. The normalized spacial score (nSPS) is 19.1. The van der Waals surface area contributed by atoms with Gasteiger partial charge in [-0.1, -0.05) is 28.1 Å². The fraction of sp³-hybridized carbons (Fsp3) is 0.400. The average molecular weight is 353 g/mol. The molecule has 0 bridgehead atoms. The Labute approximate surface area is 131 Å². The minimum absolute atomic E-state index is 0.472. The fourth-order valence-corrected chi connectivity index (χ4v) is 3.51. The summed E-state index contributed by atoms with van der Waals surface area (Å²) in [5.41, 5.74) is 2.27. The quantitative estimate of drug-likeness (QED) is 0.907. The lowest BCUT2D eigenvalue weighted by molar-refractivity contribution is 0.0698. The van der Waals surface area contributed by atoms with Crippen molar-refractivity contribution in [2.75, 3.05) is 13.2 Å². The van der Waals surface area contributed by atoms with E-state index in [1.807, 2.05) is 12.1 Å². The minimum atomic E-state index is 0.472. The van der Waals surface area contributed by atoms with Crippen LogP contribution in [0, 0.1) is 0 Å². The molecule has 1 aromatic heterocycles. The monoisotopic (exact) mass is 352 g/mol. The van der Waals surface area contributed by atoms with Crippen molar-refractivity contribution in [3.63, 3.8) is 0 Å². The summed E-state index contributed by atoms with van der Waals surface area (Å²) < 4.78 is 6.56. The first-order valence-electron chi connectivity index (χ1n) is 6.83. The summed E-state index contributed by atoms with van der Waals surface area (Å²) in [6.45, 7) is 2.54. The number of nitrogens with zero attached hydrogens (tertiary/aromatic N) is 1. The zero-order chi connectivity index (χ0) is 13.8. The molecule has 20 heavy (non-hydrogen) atoms. The molecule has 1 saturated heterocycles. The number of benzene rings is 1. The molecule has 3 rings (SSSR count). The van der Waals surface area contributed by atoms with Crippen molar-refractivity contribution < 1.29 is 4.74 Å². The Morgan fingerprint density at radius 2 is 2.40 bits per heavy atom. The molecule has 5 heteroatoms. The number of nitrogens with one attached hydrogen (secondary N) is 1. The lowest BCUT2D eigenvalue weighted by Gasteiger charge is -2.22. The molecule has 1 fully saturated rings. The maximum atomic E-state index is 5.47. The molecule has 0 spiro atoms. The number of thiazole rings is 1. The predicted molar refractivity (Wildman–Crippen MR) is 85.9 cm³/mol. The van der Waals surface area contributed by atoms with E-state index < -0.39 is 0 Å². The fourth-order valence-electron chi connectivity index (χ4n) is 2.29. The van der Waals surface area contributed by atoms with E-state index in [1.165, 1.54) is 6.42 Å². The van der Waals surface area contributed by atoms with Crippen LogP contribution >= 0.6 is 27.3 Å². The second kappa shape index (κ2) is 6.80. The van der Waals surface area contributed by atoms with E-state index in [4.69, 9.17) is 9.72 Å². The smallest absolute Gasteiger partial charge is 0.123 e. The highest BCUT2D eigenvalue weighted by molar-refractivity contribution is 9.10. The van der Waals surface area contributed by atoms with Crippen molar-refractivity contribution in [1.29, 1.82) is 0 Å². The molecule has 1 N–H and O–H groups in total. The van der Waals surface area contributed by atoms with Gasteiger partial charge in [-0.25, -0.2) is 4.98 Å². The van der Waals surface area contributed by atoms with Gasteiger partial charge in [-0.3, -0.25) is 0 Å². The molecule has 1 atom stereocenters. The highest BCUT2D eigenvalue weighted by Gasteiger charge is 2.13. The zero-order valence-electron chi connectivity index (χ0n) is 11.1. The van der Waals surface area contributed by atoms with Gasteiger partial charge in [-0.15, -0.1) is 11.3 Å². The van der Waals surface area contributed by atoms with Crippen molar-refractivity contribution in [3.8, 4) is 10.6 Å². The first kappa shape index (κ1) is 14.2. The first-order chi connectivity index (χ1) is 9.81. The number of hydrogen-bond acceptors (Lipinski definition) is 4. The van der Waals surface area contributed by atoms with Crippen LogP contribution < -0.4 is 5.32 Å². The van der Waals surface area contributed by atoms with E-state index in [9.17, 15) is 0 Å². The largest absolute Gasteiger partial charge is 0.380 e. The Morgan fingerprint density at radius 1 is 1.45 bits per heavy atom. The molecular weight excluding hydrogens is 336 g/mol. The standard InChI is InChI=1S/C15H17BrN2OS/c16-12-4-1-3-11(7-12)15-18-14(10-20-15)8-17-13-5-2-6-19-9-13/h1,3-4,7,10,13,17H,2,5-6,8-9H2. The Bertz CT molecular complexity index is 567. The summed E-state index contributed by atoms with van der Waals surface area (Å²) in [5.74, 6) is 0. The second-order valence-electron chi connectivity index (χ2n) is 4.95. The van der Waals surface area contributed by atoms with Gasteiger partial charge in [-0.05, 0) is 25.0 Å². The average Bonchev–Trinajstić information content (AvgIpc) is 2.95. The van der Waals surface area contributed by atoms with Crippen molar-refractivity contribution in [1.82, 2.24) is 10.3 Å². The summed E-state index contributed by atoms with van der Waals surface area (Å²) >= 11 is 5.19. The van der Waals surface area contributed by atoms with Crippen molar-refractivity contribution >= 4 is 27.3 Å². The van der Waals surface area contributed by atoms with Gasteiger partial charge in [0.2, 0.25) is 0 Å². The van der Waals surface area contributed by atoms with Crippen LogP contribution in [0.4, 0.5) is 0 Å². The molecule has 0 aliphatic carbocycles. The lowest BCUT2D eigenvalue weighted by atomic mass is 10.1. The van der Waals surface area contributed by atoms with Crippen LogP contribution in [0.2, 0.25) is 0 Å². The summed E-state index contributed by atoms with van der Waals surface area (Å²) in [6.07, 6.45) is 2.35. The summed E-state index contributed by atoms with van der Waals surface area (Å²) in [5, 5.41) is 6.73. The SMILES string of the molecule is Brc1cccc(-c2nc(CNC3CCCOC3)cs2)c1. The summed E-state index contributed by atoms with van der Waals surface area (Å²) in [4.78, 5) is 4.70. The molecule has 2 aromatic rings. The van der Waals surface area contributed by atoms with Gasteiger partial charge < -0.3 is 10.1 Å². The van der Waals surface area contributed by atoms with Gasteiger partial charge in [-0.2, -0.15) is 0 Å². The van der Waals surface area contributed by atoms with E-state index in [1.54, 1.807) is 11.3 Å². The molecule has 1 aliphatic heterocycles. The number of halogens is 1. The van der Waals surface area contributed by atoms with E-state index in [0.717, 1.165) is 46.9 Å². The molecule has 0 amide bonds. The first-order valence-corrected chi connectivity index (χ1v) is 8.50. The van der Waals surface area contributed by atoms with Gasteiger partial charge >= 0.3 is 0 Å². The van der Waals surface area contributed by atoms with Gasteiger partial charge in [0, 0.05) is 34.6 Å². The van der Waals surface area contributed by atoms with E-state index in [0.29, 0.717) is 6.04 Å². The van der Waals surface area contributed by atoms with Crippen molar-refractivity contribution in [3.05, 3.63) is 39.8 Å². The number of hydrogen-bond donors (Lipinski definition) is 1. The Morgan fingerprint density at radius 3 is 3.20 bits per heavy atom. The molecule has 1 aromatic carbocycles. The molecule has 0 radical (unpaired) electrons. The van der Waals surface area contributed by atoms with Gasteiger partial charge in [0.05, 0.1) is 12.3 Å². The van der Waals surface area contributed by atoms with Crippen molar-refractivity contribution in [2.24, 2.45) is 0 Å². The van der Waals surface area contributed by atoms with Crippen LogP contribution in [-0.2, 0) is 11.3 Å². The predicted octanol–water partition coefficient (Wildman–Crippen LogP) is 3.84. The summed E-state index contributed by atoms with van der Waals surface area (Å²) in [6, 6.07) is 8.74. The minimum Gasteiger partial charge on any atom is -0.380 e. The van der Waals surface area contributed by atoms with Crippen LogP contribution in [0.15, 0.2) is 34.1 Å². The topological polar surface area (TPSA) is 34.2 Å². The number of aromatic nitrogens is 1. The van der Waals surface area contributed by atoms with Crippen LogP contribution in [-0.4, -0.2) is 24.2 Å². The van der Waals surface area contributed by atoms with Crippen LogP contribution in [0.5, 0.6) is 0 Å². The molecule has 1 unspecified atom stereocenters. The third-order valence-electron chi connectivity index (χ3n) is 3.36. The van der Waals surface area contributed by atoms with Gasteiger partial charge in [0.15, 0.2) is 0 Å². The van der Waals surface area contributed by atoms with E-state index >= 15 is 0 Å². The number of ether oxygens (including phenoxy) is 1. The maximum Gasteiger partial charge on any atom is 0.123 e. The van der Waals surface area contributed by atoms with Gasteiger partial charge in [0.25, 0.3) is 0 Å². The Hall–Kier alpha value is -0.750. The molecule has 1 aliphatic rings.